The van der Waals surface area contributed by atoms with Crippen LogP contribution in [0.15, 0.2) is 34.7 Å². The highest BCUT2D eigenvalue weighted by molar-refractivity contribution is 6.33. The molecule has 2 nitrogen and oxygen atoms in total. The molecule has 3 heteroatoms. The third-order valence-corrected chi connectivity index (χ3v) is 3.74. The Hall–Kier alpha value is -1.25. The molecule has 1 unspecified atom stereocenters. The minimum absolute atomic E-state index is 0.271. The molecule has 1 heterocycles. The topological polar surface area (TPSA) is 25.2 Å². The molecule has 0 saturated heterocycles. The number of benzene rings is 1. The summed E-state index contributed by atoms with van der Waals surface area (Å²) in [5, 5.41) is 4.23. The van der Waals surface area contributed by atoms with E-state index in [0.717, 1.165) is 41.5 Å². The zero-order chi connectivity index (χ0) is 14.5. The van der Waals surface area contributed by atoms with Crippen molar-refractivity contribution in [3.05, 3.63) is 46.7 Å². The molecule has 0 amide bonds. The maximum absolute atomic E-state index is 6.26. The number of nitrogens with one attached hydrogen (secondary N) is 1. The van der Waals surface area contributed by atoms with E-state index in [4.69, 9.17) is 16.0 Å². The van der Waals surface area contributed by atoms with Gasteiger partial charge in [0.2, 0.25) is 0 Å². The van der Waals surface area contributed by atoms with E-state index in [2.05, 4.69) is 32.2 Å². The summed E-state index contributed by atoms with van der Waals surface area (Å²) in [6.45, 7) is 7.38. The van der Waals surface area contributed by atoms with Gasteiger partial charge in [0.15, 0.2) is 0 Å². The van der Waals surface area contributed by atoms with E-state index in [-0.39, 0.29) is 6.04 Å². The Bertz CT molecular complexity index is 562. The molecule has 0 aliphatic carbocycles. The van der Waals surface area contributed by atoms with Gasteiger partial charge < -0.3 is 9.73 Å². The lowest BCUT2D eigenvalue weighted by atomic mass is 10.1. The molecule has 108 valence electrons. The molecule has 1 aromatic carbocycles. The van der Waals surface area contributed by atoms with Gasteiger partial charge in [0.1, 0.15) is 11.5 Å². The molecule has 1 N–H and O–H groups in total. The summed E-state index contributed by atoms with van der Waals surface area (Å²) in [5.74, 6) is 1.82. The maximum atomic E-state index is 6.26. The minimum Gasteiger partial charge on any atom is -0.459 e. The molecule has 0 spiro atoms. The summed E-state index contributed by atoms with van der Waals surface area (Å²) in [4.78, 5) is 0. The van der Waals surface area contributed by atoms with Gasteiger partial charge in [-0.25, -0.2) is 0 Å². The molecule has 0 bridgehead atoms. The lowest BCUT2D eigenvalue weighted by molar-refractivity contribution is 0.411. The van der Waals surface area contributed by atoms with Crippen molar-refractivity contribution in [2.45, 2.75) is 39.7 Å². The molecular weight excluding hydrogens is 270 g/mol. The van der Waals surface area contributed by atoms with Crippen molar-refractivity contribution in [3.63, 3.8) is 0 Å². The van der Waals surface area contributed by atoms with Crippen LogP contribution in [-0.4, -0.2) is 6.54 Å². The summed E-state index contributed by atoms with van der Waals surface area (Å²) in [6, 6.07) is 10.3. The third kappa shape index (κ3) is 3.44. The lowest BCUT2D eigenvalue weighted by Crippen LogP contribution is -2.20. The van der Waals surface area contributed by atoms with E-state index < -0.39 is 0 Å². The van der Waals surface area contributed by atoms with Crippen LogP contribution in [0.2, 0.25) is 5.02 Å². The Morgan fingerprint density at radius 2 is 2.00 bits per heavy atom. The molecule has 0 aliphatic heterocycles. The van der Waals surface area contributed by atoms with Gasteiger partial charge in [-0.05, 0) is 50.6 Å². The van der Waals surface area contributed by atoms with Crippen LogP contribution < -0.4 is 5.32 Å². The van der Waals surface area contributed by atoms with Gasteiger partial charge in [-0.1, -0.05) is 37.1 Å². The first kappa shape index (κ1) is 15.1. The highest BCUT2D eigenvalue weighted by Gasteiger charge is 2.15. The average molecular weight is 292 g/mol. The molecule has 0 aliphatic rings. The van der Waals surface area contributed by atoms with E-state index >= 15 is 0 Å². The predicted octanol–water partition coefficient (Wildman–Crippen LogP) is 5.36. The minimum atomic E-state index is 0.271. The van der Waals surface area contributed by atoms with E-state index in [1.807, 2.05) is 24.3 Å². The molecule has 20 heavy (non-hydrogen) atoms. The molecule has 0 saturated carbocycles. The van der Waals surface area contributed by atoms with Gasteiger partial charge in [0, 0.05) is 5.56 Å². The Morgan fingerprint density at radius 3 is 2.70 bits per heavy atom. The third-order valence-electron chi connectivity index (χ3n) is 3.41. The summed E-state index contributed by atoms with van der Waals surface area (Å²) in [7, 11) is 0. The quantitative estimate of drug-likeness (QED) is 0.775. The predicted molar refractivity (Wildman–Crippen MR) is 85.2 cm³/mol. The molecule has 1 atom stereocenters. The second-order valence-corrected chi connectivity index (χ2v) is 5.51. The number of halogens is 1. The molecule has 2 aromatic rings. The van der Waals surface area contributed by atoms with E-state index in [0.29, 0.717) is 0 Å². The van der Waals surface area contributed by atoms with Gasteiger partial charge in [-0.2, -0.15) is 0 Å². The normalized spacial score (nSPS) is 12.6. The lowest BCUT2D eigenvalue weighted by Gasteiger charge is -2.13. The van der Waals surface area contributed by atoms with Crippen LogP contribution in [0.5, 0.6) is 0 Å². The summed E-state index contributed by atoms with van der Waals surface area (Å²) in [6.07, 6.45) is 2.13. The zero-order valence-corrected chi connectivity index (χ0v) is 13.1. The molecule has 1 aromatic heterocycles. The second kappa shape index (κ2) is 6.96. The van der Waals surface area contributed by atoms with Gasteiger partial charge >= 0.3 is 0 Å². The van der Waals surface area contributed by atoms with Crippen molar-refractivity contribution in [3.8, 4) is 11.3 Å². The van der Waals surface area contributed by atoms with Crippen molar-refractivity contribution in [2.24, 2.45) is 0 Å². The fourth-order valence-corrected chi connectivity index (χ4v) is 2.49. The summed E-state index contributed by atoms with van der Waals surface area (Å²) >= 11 is 6.26. The fourth-order valence-electron chi connectivity index (χ4n) is 2.28. The molecule has 0 fully saturated rings. The van der Waals surface area contributed by atoms with Gasteiger partial charge in [0.25, 0.3) is 0 Å². The Labute approximate surface area is 126 Å². The van der Waals surface area contributed by atoms with Crippen LogP contribution in [0.4, 0.5) is 0 Å². The number of hydrogen-bond donors (Lipinski definition) is 1. The van der Waals surface area contributed by atoms with Crippen molar-refractivity contribution < 1.29 is 4.42 Å². The highest BCUT2D eigenvalue weighted by Crippen LogP contribution is 2.32. The van der Waals surface area contributed by atoms with E-state index in [1.54, 1.807) is 0 Å². The first-order chi connectivity index (χ1) is 9.65. The van der Waals surface area contributed by atoms with Crippen LogP contribution in [0.25, 0.3) is 11.3 Å². The van der Waals surface area contributed by atoms with Crippen LogP contribution in [0.3, 0.4) is 0 Å². The number of rotatable bonds is 6. The van der Waals surface area contributed by atoms with E-state index in [9.17, 15) is 0 Å². The average Bonchev–Trinajstić information content (AvgIpc) is 2.92. The van der Waals surface area contributed by atoms with Crippen LogP contribution in [0, 0.1) is 6.92 Å². The smallest absolute Gasteiger partial charge is 0.135 e. The van der Waals surface area contributed by atoms with Crippen LogP contribution in [0.1, 0.15) is 44.1 Å². The number of furan rings is 1. The largest absolute Gasteiger partial charge is 0.459 e. The standard InChI is InChI=1S/C17H22ClNO/c1-4-10-19-15(5-2)17-9-8-16(20-17)13-11-12(3)6-7-14(13)18/h6-9,11,15,19H,4-5,10H2,1-3H3. The van der Waals surface area contributed by atoms with Crippen LogP contribution in [-0.2, 0) is 0 Å². The monoisotopic (exact) mass is 291 g/mol. The molecule has 0 radical (unpaired) electrons. The SMILES string of the molecule is CCCNC(CC)c1ccc(-c2cc(C)ccc2Cl)o1. The Kier molecular flexibility index (Phi) is 5.27. The fraction of sp³-hybridized carbons (Fsp3) is 0.412. The molecule has 2 rings (SSSR count). The van der Waals surface area contributed by atoms with Crippen LogP contribution >= 0.6 is 11.6 Å². The van der Waals surface area contributed by atoms with Gasteiger partial charge in [-0.3, -0.25) is 0 Å². The first-order valence-corrected chi connectivity index (χ1v) is 7.63. The first-order valence-electron chi connectivity index (χ1n) is 7.25. The Morgan fingerprint density at radius 1 is 1.20 bits per heavy atom. The Balaban J connectivity index is 2.25. The van der Waals surface area contributed by atoms with Crippen molar-refractivity contribution in [2.75, 3.05) is 6.54 Å². The van der Waals surface area contributed by atoms with Crippen molar-refractivity contribution in [1.29, 1.82) is 0 Å². The van der Waals surface area contributed by atoms with E-state index in [1.165, 1.54) is 5.56 Å². The highest BCUT2D eigenvalue weighted by atomic mass is 35.5. The van der Waals surface area contributed by atoms with Gasteiger partial charge in [-0.15, -0.1) is 0 Å². The van der Waals surface area contributed by atoms with Gasteiger partial charge in [0.05, 0.1) is 11.1 Å². The van der Waals surface area contributed by atoms with Crippen molar-refractivity contribution >= 4 is 11.6 Å². The maximum Gasteiger partial charge on any atom is 0.135 e. The number of hydrogen-bond acceptors (Lipinski definition) is 2. The summed E-state index contributed by atoms with van der Waals surface area (Å²) < 4.78 is 6.01. The zero-order valence-electron chi connectivity index (χ0n) is 12.4. The summed E-state index contributed by atoms with van der Waals surface area (Å²) in [5.41, 5.74) is 2.14. The second-order valence-electron chi connectivity index (χ2n) is 5.10. The van der Waals surface area contributed by atoms with Crippen molar-refractivity contribution in [1.82, 2.24) is 5.32 Å². The number of aryl methyl sites for hydroxylation is 1. The molecular formula is C17H22ClNO.